The smallest absolute Gasteiger partial charge is 0.289 e. The van der Waals surface area contributed by atoms with E-state index in [0.29, 0.717) is 31.4 Å². The first-order valence-electron chi connectivity index (χ1n) is 9.41. The largest absolute Gasteiger partial charge is 0.459 e. The van der Waals surface area contributed by atoms with Crippen LogP contribution in [0.5, 0.6) is 0 Å². The molecule has 0 saturated carbocycles. The molecule has 5 nitrogen and oxygen atoms in total. The summed E-state index contributed by atoms with van der Waals surface area (Å²) in [4.78, 5) is 17.3. The topological polar surface area (TPSA) is 62.7 Å². The Hall–Kier alpha value is -1.69. The zero-order valence-corrected chi connectivity index (χ0v) is 18.0. The number of halogens is 2. The second kappa shape index (κ2) is 8.76. The molecule has 0 spiro atoms. The van der Waals surface area contributed by atoms with Crippen LogP contribution in [0, 0.1) is 5.41 Å². The Labute approximate surface area is 179 Å². The molecule has 2 N–H and O–H groups in total. The van der Waals surface area contributed by atoms with Gasteiger partial charge in [0.15, 0.2) is 5.76 Å². The van der Waals surface area contributed by atoms with Crippen molar-refractivity contribution in [3.8, 4) is 0 Å². The van der Waals surface area contributed by atoms with Crippen molar-refractivity contribution in [1.82, 2.24) is 4.90 Å². The number of anilines is 1. The average Bonchev–Trinajstić information content (AvgIpc) is 3.34. The molecule has 28 heavy (non-hydrogen) atoms. The molecular weight excluding hydrogens is 397 g/mol. The van der Waals surface area contributed by atoms with E-state index in [1.165, 1.54) is 11.3 Å². The molecule has 2 unspecified atom stereocenters. The Balaban J connectivity index is 0.00000140. The van der Waals surface area contributed by atoms with E-state index in [0.717, 1.165) is 24.9 Å². The summed E-state index contributed by atoms with van der Waals surface area (Å²) in [5.74, 6) is 0.463. The third kappa shape index (κ3) is 4.02. The van der Waals surface area contributed by atoms with Crippen molar-refractivity contribution < 1.29 is 9.21 Å². The molecule has 1 saturated heterocycles. The van der Waals surface area contributed by atoms with Crippen molar-refractivity contribution >= 4 is 36.4 Å². The highest BCUT2D eigenvalue weighted by atomic mass is 35.5. The van der Waals surface area contributed by atoms with Gasteiger partial charge in [-0.3, -0.25) is 4.79 Å². The highest BCUT2D eigenvalue weighted by Crippen LogP contribution is 2.34. The van der Waals surface area contributed by atoms with Crippen LogP contribution in [0.4, 0.5) is 5.69 Å². The van der Waals surface area contributed by atoms with Crippen LogP contribution in [0.25, 0.3) is 0 Å². The highest BCUT2D eigenvalue weighted by molar-refractivity contribution is 5.93. The number of rotatable bonds is 4. The number of hydrogen-bond donors (Lipinski definition) is 1. The van der Waals surface area contributed by atoms with Crippen molar-refractivity contribution in [1.29, 1.82) is 0 Å². The molecule has 1 fully saturated rings. The molecule has 0 bridgehead atoms. The van der Waals surface area contributed by atoms with Crippen LogP contribution in [0.3, 0.4) is 0 Å². The summed E-state index contributed by atoms with van der Waals surface area (Å²) in [6.45, 7) is 7.11. The minimum Gasteiger partial charge on any atom is -0.459 e. The van der Waals surface area contributed by atoms with Gasteiger partial charge in [0.25, 0.3) is 5.91 Å². The predicted octanol–water partition coefficient (Wildman–Crippen LogP) is 3.89. The van der Waals surface area contributed by atoms with E-state index in [9.17, 15) is 4.79 Å². The van der Waals surface area contributed by atoms with Crippen LogP contribution in [0.1, 0.15) is 41.9 Å². The maximum absolute atomic E-state index is 13.0. The first-order chi connectivity index (χ1) is 12.5. The molecule has 0 aliphatic carbocycles. The Morgan fingerprint density at radius 2 is 2.04 bits per heavy atom. The SMILES string of the molecule is CC1Cc2ccccc2N1Cc1ccoc1C(=O)N1CCC(C)(CN)C1.Cl.Cl. The van der Waals surface area contributed by atoms with Crippen molar-refractivity contribution in [2.24, 2.45) is 11.1 Å². The number of para-hydroxylation sites is 1. The maximum Gasteiger partial charge on any atom is 0.289 e. The molecule has 3 heterocycles. The van der Waals surface area contributed by atoms with E-state index < -0.39 is 0 Å². The molecule has 154 valence electrons. The van der Waals surface area contributed by atoms with Gasteiger partial charge >= 0.3 is 0 Å². The minimum atomic E-state index is -0.0117. The van der Waals surface area contributed by atoms with Crippen LogP contribution >= 0.6 is 24.8 Å². The lowest BCUT2D eigenvalue weighted by molar-refractivity contribution is 0.0743. The summed E-state index contributed by atoms with van der Waals surface area (Å²) >= 11 is 0. The van der Waals surface area contributed by atoms with Crippen molar-refractivity contribution in [3.63, 3.8) is 0 Å². The molecule has 2 atom stereocenters. The van der Waals surface area contributed by atoms with Gasteiger partial charge in [0.2, 0.25) is 0 Å². The van der Waals surface area contributed by atoms with E-state index in [2.05, 4.69) is 43.0 Å². The van der Waals surface area contributed by atoms with E-state index in [4.69, 9.17) is 10.2 Å². The Bertz CT molecular complexity index is 825. The van der Waals surface area contributed by atoms with Crippen LogP contribution < -0.4 is 10.6 Å². The van der Waals surface area contributed by atoms with Gasteiger partial charge < -0.3 is 20.0 Å². The van der Waals surface area contributed by atoms with E-state index >= 15 is 0 Å². The average molecular weight is 426 g/mol. The lowest BCUT2D eigenvalue weighted by atomic mass is 9.90. The van der Waals surface area contributed by atoms with Gasteiger partial charge in [-0.15, -0.1) is 24.8 Å². The second-order valence-electron chi connectivity index (χ2n) is 8.08. The van der Waals surface area contributed by atoms with Gasteiger partial charge in [-0.1, -0.05) is 25.1 Å². The zero-order chi connectivity index (χ0) is 18.3. The molecule has 7 heteroatoms. The molecule has 1 aromatic carbocycles. The first kappa shape index (κ1) is 22.6. The number of carbonyl (C=O) groups is 1. The number of furan rings is 1. The number of nitrogens with two attached hydrogens (primary N) is 1. The normalized spacial score (nSPS) is 23.2. The van der Waals surface area contributed by atoms with Crippen LogP contribution in [0.15, 0.2) is 41.0 Å². The summed E-state index contributed by atoms with van der Waals surface area (Å²) in [6, 6.07) is 10.8. The monoisotopic (exact) mass is 425 g/mol. The summed E-state index contributed by atoms with van der Waals surface area (Å²) in [5.41, 5.74) is 9.49. The van der Waals surface area contributed by atoms with Gasteiger partial charge in [0.05, 0.1) is 6.26 Å². The number of benzene rings is 1. The third-order valence-corrected chi connectivity index (χ3v) is 5.97. The number of fused-ring (bicyclic) bond motifs is 1. The molecule has 4 rings (SSSR count). The highest BCUT2D eigenvalue weighted by Gasteiger charge is 2.37. The van der Waals surface area contributed by atoms with E-state index in [1.54, 1.807) is 6.26 Å². The molecular formula is C21H29Cl2N3O2. The van der Waals surface area contributed by atoms with Gasteiger partial charge in [0, 0.05) is 36.9 Å². The summed E-state index contributed by atoms with van der Waals surface area (Å²) in [6.07, 6.45) is 3.62. The molecule has 1 amide bonds. The van der Waals surface area contributed by atoms with E-state index in [-0.39, 0.29) is 36.1 Å². The van der Waals surface area contributed by atoms with E-state index in [1.807, 2.05) is 11.0 Å². The minimum absolute atomic E-state index is 0. The molecule has 2 aliphatic heterocycles. The fourth-order valence-corrected chi connectivity index (χ4v) is 4.21. The van der Waals surface area contributed by atoms with Gasteiger partial charge in [-0.25, -0.2) is 0 Å². The summed E-state index contributed by atoms with van der Waals surface area (Å²) in [7, 11) is 0. The fourth-order valence-electron chi connectivity index (χ4n) is 4.21. The molecule has 2 aromatic rings. The Kier molecular flexibility index (Phi) is 7.07. The number of likely N-dealkylation sites (tertiary alicyclic amines) is 1. The first-order valence-corrected chi connectivity index (χ1v) is 9.41. The van der Waals surface area contributed by atoms with Crippen LogP contribution in [-0.2, 0) is 13.0 Å². The molecule has 1 aromatic heterocycles. The molecule has 0 radical (unpaired) electrons. The molecule has 2 aliphatic rings. The van der Waals surface area contributed by atoms with Crippen molar-refractivity contribution in [2.75, 3.05) is 24.5 Å². The number of hydrogen-bond acceptors (Lipinski definition) is 4. The Morgan fingerprint density at radius 3 is 2.75 bits per heavy atom. The van der Waals surface area contributed by atoms with Gasteiger partial charge in [-0.05, 0) is 49.4 Å². The number of amides is 1. The Morgan fingerprint density at radius 1 is 1.29 bits per heavy atom. The number of carbonyl (C=O) groups excluding carboxylic acids is 1. The summed E-state index contributed by atoms with van der Waals surface area (Å²) < 4.78 is 5.63. The summed E-state index contributed by atoms with van der Waals surface area (Å²) in [5, 5.41) is 0. The zero-order valence-electron chi connectivity index (χ0n) is 16.4. The third-order valence-electron chi connectivity index (χ3n) is 5.97. The van der Waals surface area contributed by atoms with Crippen molar-refractivity contribution in [3.05, 3.63) is 53.5 Å². The van der Waals surface area contributed by atoms with Crippen molar-refractivity contribution in [2.45, 2.75) is 39.3 Å². The predicted molar refractivity (Wildman–Crippen MR) is 117 cm³/mol. The quantitative estimate of drug-likeness (QED) is 0.806. The fraction of sp³-hybridized carbons (Fsp3) is 0.476. The lowest BCUT2D eigenvalue weighted by Gasteiger charge is -2.25. The van der Waals surface area contributed by atoms with Gasteiger partial charge in [-0.2, -0.15) is 0 Å². The van der Waals surface area contributed by atoms with Crippen LogP contribution in [0.2, 0.25) is 0 Å². The maximum atomic E-state index is 13.0. The number of nitrogens with zero attached hydrogens (tertiary/aromatic N) is 2. The lowest BCUT2D eigenvalue weighted by Crippen LogP contribution is -2.35. The standard InChI is InChI=1S/C21H27N3O2.2ClH/c1-15-11-16-5-3-4-6-18(16)24(15)12-17-7-10-26-19(17)20(25)23-9-8-21(2,13-22)14-23;;/h3-7,10,15H,8-9,11-14,22H2,1-2H3;2*1H. The van der Waals surface area contributed by atoms with Crippen LogP contribution in [-0.4, -0.2) is 36.5 Å². The second-order valence-corrected chi connectivity index (χ2v) is 8.08. The van der Waals surface area contributed by atoms with Gasteiger partial charge in [0.1, 0.15) is 0 Å².